The van der Waals surface area contributed by atoms with Gasteiger partial charge in [-0.3, -0.25) is 9.59 Å². The summed E-state index contributed by atoms with van der Waals surface area (Å²) >= 11 is 0. The molecule has 25 heavy (non-hydrogen) atoms. The SMILES string of the molecule is O=C(CCc1ccc2[nH]ccc2c1)NC1CCCCCCC1C(=O)O. The minimum atomic E-state index is -0.787. The van der Waals surface area contributed by atoms with E-state index in [9.17, 15) is 14.7 Å². The van der Waals surface area contributed by atoms with Crippen LogP contribution in [-0.2, 0) is 16.0 Å². The predicted octanol–water partition coefficient (Wildman–Crippen LogP) is 3.64. The van der Waals surface area contributed by atoms with Crippen LogP contribution in [0.15, 0.2) is 30.5 Å². The van der Waals surface area contributed by atoms with Crippen LogP contribution in [0.2, 0.25) is 0 Å². The summed E-state index contributed by atoms with van der Waals surface area (Å²) in [5.41, 5.74) is 2.21. The predicted molar refractivity (Wildman–Crippen MR) is 97.4 cm³/mol. The summed E-state index contributed by atoms with van der Waals surface area (Å²) in [6.45, 7) is 0. The van der Waals surface area contributed by atoms with Crippen molar-refractivity contribution in [2.45, 2.75) is 57.4 Å². The number of benzene rings is 1. The first kappa shape index (κ1) is 17.5. The van der Waals surface area contributed by atoms with E-state index in [1.165, 1.54) is 0 Å². The number of carbonyl (C=O) groups excluding carboxylic acids is 1. The lowest BCUT2D eigenvalue weighted by Gasteiger charge is -2.27. The summed E-state index contributed by atoms with van der Waals surface area (Å²) in [6, 6.07) is 7.93. The smallest absolute Gasteiger partial charge is 0.308 e. The Morgan fingerprint density at radius 1 is 1.12 bits per heavy atom. The fourth-order valence-electron chi connectivity index (χ4n) is 3.75. The van der Waals surface area contributed by atoms with E-state index in [2.05, 4.69) is 16.4 Å². The van der Waals surface area contributed by atoms with Crippen LogP contribution >= 0.6 is 0 Å². The first-order valence-corrected chi connectivity index (χ1v) is 9.21. The number of fused-ring (bicyclic) bond motifs is 1. The van der Waals surface area contributed by atoms with Gasteiger partial charge in [0.2, 0.25) is 5.91 Å². The molecule has 1 aromatic heterocycles. The molecule has 1 amide bonds. The third kappa shape index (κ3) is 4.62. The summed E-state index contributed by atoms with van der Waals surface area (Å²) in [6.07, 6.45) is 8.50. The highest BCUT2D eigenvalue weighted by Crippen LogP contribution is 2.23. The fourth-order valence-corrected chi connectivity index (χ4v) is 3.75. The Morgan fingerprint density at radius 2 is 1.92 bits per heavy atom. The van der Waals surface area contributed by atoms with Crippen LogP contribution in [0, 0.1) is 5.92 Å². The molecule has 0 radical (unpaired) electrons. The zero-order valence-electron chi connectivity index (χ0n) is 14.5. The summed E-state index contributed by atoms with van der Waals surface area (Å²) in [4.78, 5) is 27.0. The van der Waals surface area contributed by atoms with E-state index in [1.54, 1.807) is 0 Å². The molecular weight excluding hydrogens is 316 g/mol. The summed E-state index contributed by atoms with van der Waals surface area (Å²) in [7, 11) is 0. The molecule has 1 saturated carbocycles. The van der Waals surface area contributed by atoms with Crippen molar-refractivity contribution in [2.24, 2.45) is 5.92 Å². The van der Waals surface area contributed by atoms with Gasteiger partial charge in [-0.15, -0.1) is 0 Å². The van der Waals surface area contributed by atoms with E-state index >= 15 is 0 Å². The maximum absolute atomic E-state index is 12.4. The van der Waals surface area contributed by atoms with Crippen LogP contribution < -0.4 is 5.32 Å². The molecule has 0 bridgehead atoms. The first-order valence-electron chi connectivity index (χ1n) is 9.21. The van der Waals surface area contributed by atoms with E-state index in [0.29, 0.717) is 19.3 Å². The maximum Gasteiger partial charge on any atom is 0.308 e. The fraction of sp³-hybridized carbons (Fsp3) is 0.500. The molecule has 1 aliphatic rings. The highest BCUT2D eigenvalue weighted by molar-refractivity contribution is 5.81. The quantitative estimate of drug-likeness (QED) is 0.776. The van der Waals surface area contributed by atoms with E-state index in [4.69, 9.17) is 0 Å². The average molecular weight is 342 g/mol. The van der Waals surface area contributed by atoms with Crippen molar-refractivity contribution in [3.8, 4) is 0 Å². The van der Waals surface area contributed by atoms with Crippen molar-refractivity contribution in [3.63, 3.8) is 0 Å². The Labute approximate surface area is 147 Å². The van der Waals surface area contributed by atoms with Crippen molar-refractivity contribution in [2.75, 3.05) is 0 Å². The number of carbonyl (C=O) groups is 2. The number of rotatable bonds is 5. The lowest BCUT2D eigenvalue weighted by molar-refractivity contribution is -0.143. The van der Waals surface area contributed by atoms with Gasteiger partial charge < -0.3 is 15.4 Å². The van der Waals surface area contributed by atoms with Crippen molar-refractivity contribution in [1.29, 1.82) is 0 Å². The second-order valence-corrected chi connectivity index (χ2v) is 7.01. The molecule has 2 aromatic rings. The molecular formula is C20H26N2O3. The molecule has 2 unspecified atom stereocenters. The third-order valence-corrected chi connectivity index (χ3v) is 5.19. The monoisotopic (exact) mass is 342 g/mol. The molecule has 0 spiro atoms. The number of aliphatic carboxylic acids is 1. The number of nitrogens with one attached hydrogen (secondary N) is 2. The van der Waals surface area contributed by atoms with Crippen LogP contribution in [0.5, 0.6) is 0 Å². The number of hydrogen-bond donors (Lipinski definition) is 3. The summed E-state index contributed by atoms with van der Waals surface area (Å²) in [5, 5.41) is 13.6. The number of amides is 1. The third-order valence-electron chi connectivity index (χ3n) is 5.19. The largest absolute Gasteiger partial charge is 0.481 e. The Hall–Kier alpha value is -2.30. The molecule has 134 valence electrons. The molecule has 0 saturated heterocycles. The second-order valence-electron chi connectivity index (χ2n) is 7.01. The summed E-state index contributed by atoms with van der Waals surface area (Å²) in [5.74, 6) is -1.29. The van der Waals surface area contributed by atoms with Gasteiger partial charge in [-0.1, -0.05) is 31.7 Å². The van der Waals surface area contributed by atoms with Gasteiger partial charge in [0, 0.05) is 24.2 Å². The normalized spacial score (nSPS) is 21.4. The highest BCUT2D eigenvalue weighted by Gasteiger charge is 2.29. The van der Waals surface area contributed by atoms with Gasteiger partial charge in [-0.25, -0.2) is 0 Å². The Balaban J connectivity index is 1.56. The maximum atomic E-state index is 12.4. The number of carboxylic acids is 1. The van der Waals surface area contributed by atoms with Gasteiger partial charge in [0.1, 0.15) is 0 Å². The van der Waals surface area contributed by atoms with Gasteiger partial charge in [0.25, 0.3) is 0 Å². The number of aromatic nitrogens is 1. The molecule has 2 atom stereocenters. The zero-order chi connectivity index (χ0) is 17.6. The summed E-state index contributed by atoms with van der Waals surface area (Å²) < 4.78 is 0. The molecule has 1 aliphatic carbocycles. The van der Waals surface area contributed by atoms with Crippen molar-refractivity contribution < 1.29 is 14.7 Å². The number of hydrogen-bond acceptors (Lipinski definition) is 2. The van der Waals surface area contributed by atoms with Crippen LogP contribution in [0.4, 0.5) is 0 Å². The number of H-pyrrole nitrogens is 1. The molecule has 5 heteroatoms. The van der Waals surface area contributed by atoms with Crippen LogP contribution in [0.3, 0.4) is 0 Å². The molecule has 1 aromatic carbocycles. The second kappa shape index (κ2) is 8.19. The topological polar surface area (TPSA) is 82.2 Å². The van der Waals surface area contributed by atoms with E-state index < -0.39 is 11.9 Å². The van der Waals surface area contributed by atoms with Crippen LogP contribution in [0.25, 0.3) is 10.9 Å². The zero-order valence-corrected chi connectivity index (χ0v) is 14.5. The Morgan fingerprint density at radius 3 is 2.72 bits per heavy atom. The van der Waals surface area contributed by atoms with E-state index in [0.717, 1.165) is 48.6 Å². The van der Waals surface area contributed by atoms with Gasteiger partial charge >= 0.3 is 5.97 Å². The van der Waals surface area contributed by atoms with Gasteiger partial charge in [-0.05, 0) is 48.4 Å². The highest BCUT2D eigenvalue weighted by atomic mass is 16.4. The van der Waals surface area contributed by atoms with Crippen LogP contribution in [0.1, 0.15) is 50.5 Å². The van der Waals surface area contributed by atoms with Gasteiger partial charge in [0.15, 0.2) is 0 Å². The van der Waals surface area contributed by atoms with Crippen molar-refractivity contribution in [1.82, 2.24) is 10.3 Å². The lowest BCUT2D eigenvalue weighted by atomic mass is 9.86. The Bertz CT molecular complexity index is 737. The molecule has 3 rings (SSSR count). The molecule has 5 nitrogen and oxygen atoms in total. The van der Waals surface area contributed by atoms with Gasteiger partial charge in [-0.2, -0.15) is 0 Å². The minimum absolute atomic E-state index is 0.0500. The molecule has 1 heterocycles. The van der Waals surface area contributed by atoms with Crippen molar-refractivity contribution in [3.05, 3.63) is 36.0 Å². The lowest BCUT2D eigenvalue weighted by Crippen LogP contribution is -2.44. The van der Waals surface area contributed by atoms with Crippen LogP contribution in [-0.4, -0.2) is 28.0 Å². The molecule has 3 N–H and O–H groups in total. The Kier molecular flexibility index (Phi) is 5.74. The number of aryl methyl sites for hydroxylation is 1. The average Bonchev–Trinajstić information content (AvgIpc) is 3.03. The van der Waals surface area contributed by atoms with Crippen molar-refractivity contribution >= 4 is 22.8 Å². The van der Waals surface area contributed by atoms with E-state index in [1.807, 2.05) is 24.4 Å². The standard InChI is InChI=1S/C20H26N2O3/c23-19(10-8-14-7-9-17-15(13-14)11-12-21-17)22-18-6-4-2-1-3-5-16(18)20(24)25/h7,9,11-13,16,18,21H,1-6,8,10H2,(H,22,23)(H,24,25). The number of aromatic amines is 1. The first-order chi connectivity index (χ1) is 12.1. The number of carboxylic acid groups (broad SMARTS) is 1. The minimum Gasteiger partial charge on any atom is -0.481 e. The molecule has 0 aliphatic heterocycles. The van der Waals surface area contributed by atoms with Gasteiger partial charge in [0.05, 0.1) is 5.92 Å². The van der Waals surface area contributed by atoms with E-state index in [-0.39, 0.29) is 11.9 Å². The molecule has 1 fully saturated rings.